The highest BCUT2D eigenvalue weighted by Crippen LogP contribution is 2.23. The number of carbonyl (C=O) groups is 1. The number of aromatic nitrogens is 1. The summed E-state index contributed by atoms with van der Waals surface area (Å²) in [7, 11) is 0. The highest BCUT2D eigenvalue weighted by atomic mass is 35.5. The van der Waals surface area contributed by atoms with E-state index in [0.717, 1.165) is 31.2 Å². The van der Waals surface area contributed by atoms with Gasteiger partial charge in [0.15, 0.2) is 0 Å². The van der Waals surface area contributed by atoms with Gasteiger partial charge in [-0.3, -0.25) is 0 Å². The van der Waals surface area contributed by atoms with Gasteiger partial charge in [-0.1, -0.05) is 18.0 Å². The summed E-state index contributed by atoms with van der Waals surface area (Å²) in [5, 5.41) is 8.95. The Morgan fingerprint density at radius 1 is 1.35 bits per heavy atom. The fourth-order valence-corrected chi connectivity index (χ4v) is 2.08. The molecule has 4 nitrogen and oxygen atoms in total. The first-order valence-corrected chi connectivity index (χ1v) is 7.20. The molecular formula is C15H22ClNO3. The number of aryl methyl sites for hydroxylation is 1. The van der Waals surface area contributed by atoms with E-state index in [2.05, 4.69) is 4.98 Å². The number of esters is 1. The molecule has 0 fully saturated rings. The van der Waals surface area contributed by atoms with E-state index >= 15 is 0 Å². The highest BCUT2D eigenvalue weighted by molar-refractivity contribution is 6.32. The number of carbonyl (C=O) groups excluding carboxylic acids is 1. The number of nitrogens with zero attached hydrogens (tertiary/aromatic N) is 1. The minimum Gasteiger partial charge on any atom is -0.456 e. The standard InChI is InChI=1S/C15H22ClNO3/c1-15(2,3)20-14(19)12-11(7-5-4-6-10-18)8-9-17-13(12)16/h8-9,18H,4-7,10H2,1-3H3. The summed E-state index contributed by atoms with van der Waals surface area (Å²) in [5.41, 5.74) is 0.634. The summed E-state index contributed by atoms with van der Waals surface area (Å²) in [6, 6.07) is 1.80. The molecule has 0 aliphatic heterocycles. The number of ether oxygens (including phenoxy) is 1. The van der Waals surface area contributed by atoms with E-state index in [1.165, 1.54) is 0 Å². The van der Waals surface area contributed by atoms with Gasteiger partial charge in [0.2, 0.25) is 0 Å². The number of aliphatic hydroxyl groups excluding tert-OH is 1. The minimum absolute atomic E-state index is 0.180. The lowest BCUT2D eigenvalue weighted by atomic mass is 10.0. The maximum absolute atomic E-state index is 12.2. The largest absolute Gasteiger partial charge is 0.456 e. The lowest BCUT2D eigenvalue weighted by Gasteiger charge is -2.20. The van der Waals surface area contributed by atoms with E-state index in [9.17, 15) is 4.79 Å². The molecule has 5 heteroatoms. The second-order valence-electron chi connectivity index (χ2n) is 5.67. The zero-order chi connectivity index (χ0) is 15.2. The third-order valence-electron chi connectivity index (χ3n) is 2.70. The molecule has 1 heterocycles. The van der Waals surface area contributed by atoms with E-state index < -0.39 is 11.6 Å². The van der Waals surface area contributed by atoms with Crippen molar-refractivity contribution in [3.8, 4) is 0 Å². The molecule has 112 valence electrons. The second-order valence-corrected chi connectivity index (χ2v) is 6.03. The van der Waals surface area contributed by atoms with Crippen LogP contribution in [0.5, 0.6) is 0 Å². The van der Waals surface area contributed by atoms with Crippen molar-refractivity contribution in [3.63, 3.8) is 0 Å². The number of pyridine rings is 1. The van der Waals surface area contributed by atoms with Crippen LogP contribution < -0.4 is 0 Å². The molecule has 0 atom stereocenters. The minimum atomic E-state index is -0.565. The van der Waals surface area contributed by atoms with Gasteiger partial charge in [-0.05, 0) is 51.7 Å². The normalized spacial score (nSPS) is 11.4. The van der Waals surface area contributed by atoms with Gasteiger partial charge in [0.1, 0.15) is 16.3 Å². The van der Waals surface area contributed by atoms with Crippen molar-refractivity contribution in [2.45, 2.75) is 52.1 Å². The average molecular weight is 300 g/mol. The number of unbranched alkanes of at least 4 members (excludes halogenated alkanes) is 2. The van der Waals surface area contributed by atoms with Crippen LogP contribution in [0.15, 0.2) is 12.3 Å². The van der Waals surface area contributed by atoms with Crippen molar-refractivity contribution >= 4 is 17.6 Å². The summed E-state index contributed by atoms with van der Waals surface area (Å²) < 4.78 is 5.37. The molecule has 0 radical (unpaired) electrons. The van der Waals surface area contributed by atoms with E-state index in [-0.39, 0.29) is 11.8 Å². The van der Waals surface area contributed by atoms with Crippen LogP contribution in [0.25, 0.3) is 0 Å². The summed E-state index contributed by atoms with van der Waals surface area (Å²) in [5.74, 6) is -0.437. The van der Waals surface area contributed by atoms with Crippen molar-refractivity contribution in [2.75, 3.05) is 6.61 Å². The Morgan fingerprint density at radius 2 is 2.05 bits per heavy atom. The molecule has 20 heavy (non-hydrogen) atoms. The molecule has 0 aromatic carbocycles. The molecule has 0 saturated carbocycles. The Hall–Kier alpha value is -1.13. The van der Waals surface area contributed by atoms with Crippen molar-refractivity contribution < 1.29 is 14.6 Å². The fraction of sp³-hybridized carbons (Fsp3) is 0.600. The first-order chi connectivity index (χ1) is 9.35. The first kappa shape index (κ1) is 16.9. The Balaban J connectivity index is 2.85. The van der Waals surface area contributed by atoms with E-state index in [4.69, 9.17) is 21.4 Å². The molecule has 0 saturated heterocycles. The van der Waals surface area contributed by atoms with Crippen molar-refractivity contribution in [3.05, 3.63) is 28.5 Å². The van der Waals surface area contributed by atoms with Gasteiger partial charge in [0.25, 0.3) is 0 Å². The first-order valence-electron chi connectivity index (χ1n) is 6.82. The average Bonchev–Trinajstić information content (AvgIpc) is 2.32. The molecule has 0 spiro atoms. The van der Waals surface area contributed by atoms with Gasteiger partial charge in [-0.2, -0.15) is 0 Å². The smallest absolute Gasteiger partial charge is 0.342 e. The molecule has 0 aliphatic carbocycles. The SMILES string of the molecule is CC(C)(C)OC(=O)c1c(CCCCCO)ccnc1Cl. The molecule has 1 aromatic heterocycles. The Bertz CT molecular complexity index is 455. The number of hydrogen-bond donors (Lipinski definition) is 1. The van der Waals surface area contributed by atoms with Gasteiger partial charge in [-0.25, -0.2) is 9.78 Å². The lowest BCUT2D eigenvalue weighted by Crippen LogP contribution is -2.25. The van der Waals surface area contributed by atoms with E-state index in [0.29, 0.717) is 5.56 Å². The van der Waals surface area contributed by atoms with Crippen LogP contribution >= 0.6 is 11.6 Å². The second kappa shape index (κ2) is 7.60. The summed E-state index contributed by atoms with van der Waals surface area (Å²) in [6.45, 7) is 5.64. The van der Waals surface area contributed by atoms with E-state index in [1.54, 1.807) is 12.3 Å². The third-order valence-corrected chi connectivity index (χ3v) is 2.98. The number of rotatable bonds is 6. The quantitative estimate of drug-likeness (QED) is 0.497. The van der Waals surface area contributed by atoms with Crippen LogP contribution in [0, 0.1) is 0 Å². The van der Waals surface area contributed by atoms with Crippen LogP contribution in [0.1, 0.15) is 56.0 Å². The highest BCUT2D eigenvalue weighted by Gasteiger charge is 2.23. The lowest BCUT2D eigenvalue weighted by molar-refractivity contribution is 0.00680. The van der Waals surface area contributed by atoms with Crippen LogP contribution in [-0.2, 0) is 11.2 Å². The number of halogens is 1. The monoisotopic (exact) mass is 299 g/mol. The van der Waals surface area contributed by atoms with Gasteiger partial charge < -0.3 is 9.84 Å². The Kier molecular flexibility index (Phi) is 6.43. The Labute approximate surface area is 125 Å². The fourth-order valence-electron chi connectivity index (χ4n) is 1.83. The van der Waals surface area contributed by atoms with Crippen LogP contribution in [0.3, 0.4) is 0 Å². The topological polar surface area (TPSA) is 59.4 Å². The molecule has 1 aromatic rings. The number of aliphatic hydroxyl groups is 1. The predicted octanol–water partition coefficient (Wildman–Crippen LogP) is 3.40. The summed E-state index contributed by atoms with van der Waals surface area (Å²) in [6.07, 6.45) is 4.87. The molecule has 0 amide bonds. The van der Waals surface area contributed by atoms with Crippen LogP contribution in [-0.4, -0.2) is 28.3 Å². The Morgan fingerprint density at radius 3 is 2.65 bits per heavy atom. The molecule has 0 aliphatic rings. The van der Waals surface area contributed by atoms with E-state index in [1.807, 2.05) is 20.8 Å². The summed E-state index contributed by atoms with van der Waals surface area (Å²) in [4.78, 5) is 16.2. The maximum atomic E-state index is 12.2. The number of hydrogen-bond acceptors (Lipinski definition) is 4. The third kappa shape index (κ3) is 5.47. The van der Waals surface area contributed by atoms with Crippen molar-refractivity contribution in [1.82, 2.24) is 4.98 Å². The van der Waals surface area contributed by atoms with Crippen LogP contribution in [0.4, 0.5) is 0 Å². The maximum Gasteiger partial charge on any atom is 0.342 e. The van der Waals surface area contributed by atoms with Gasteiger partial charge in [-0.15, -0.1) is 0 Å². The molecular weight excluding hydrogens is 278 g/mol. The molecule has 0 bridgehead atoms. The van der Waals surface area contributed by atoms with Gasteiger partial charge in [0.05, 0.1) is 0 Å². The predicted molar refractivity (Wildman–Crippen MR) is 79.1 cm³/mol. The van der Waals surface area contributed by atoms with Crippen LogP contribution in [0.2, 0.25) is 5.15 Å². The zero-order valence-corrected chi connectivity index (χ0v) is 13.0. The van der Waals surface area contributed by atoms with Gasteiger partial charge in [0, 0.05) is 12.8 Å². The molecule has 1 N–H and O–H groups in total. The molecule has 1 rings (SSSR count). The molecule has 0 unspecified atom stereocenters. The zero-order valence-electron chi connectivity index (χ0n) is 12.3. The van der Waals surface area contributed by atoms with Crippen molar-refractivity contribution in [1.29, 1.82) is 0 Å². The summed E-state index contributed by atoms with van der Waals surface area (Å²) >= 11 is 6.04. The van der Waals surface area contributed by atoms with Crippen molar-refractivity contribution in [2.24, 2.45) is 0 Å². The van der Waals surface area contributed by atoms with Gasteiger partial charge >= 0.3 is 5.97 Å².